The van der Waals surface area contributed by atoms with Crippen molar-refractivity contribution in [1.82, 2.24) is 15.3 Å². The summed E-state index contributed by atoms with van der Waals surface area (Å²) in [6.07, 6.45) is 1.92. The first-order valence-electron chi connectivity index (χ1n) is 5.69. The Balaban J connectivity index is 2.92. The smallest absolute Gasteiger partial charge is 0.239 e. The summed E-state index contributed by atoms with van der Waals surface area (Å²) in [4.78, 5) is 21.9. The lowest BCUT2D eigenvalue weighted by Gasteiger charge is -2.18. The molecule has 1 heterocycles. The largest absolute Gasteiger partial charge is 0.370 e. The van der Waals surface area contributed by atoms with Crippen molar-refractivity contribution in [3.05, 3.63) is 6.07 Å². The van der Waals surface area contributed by atoms with Crippen molar-refractivity contribution in [2.45, 2.75) is 12.1 Å². The van der Waals surface area contributed by atoms with E-state index in [0.29, 0.717) is 5.16 Å². The van der Waals surface area contributed by atoms with Crippen LogP contribution < -0.4 is 15.5 Å². The molecule has 0 saturated heterocycles. The molecule has 0 atom stereocenters. The molecule has 18 heavy (non-hydrogen) atoms. The van der Waals surface area contributed by atoms with Crippen LogP contribution in [-0.4, -0.2) is 49.3 Å². The third-order valence-electron chi connectivity index (χ3n) is 2.28. The third kappa shape index (κ3) is 4.06. The molecule has 6 nitrogen and oxygen atoms in total. The molecule has 0 aliphatic rings. The molecule has 0 saturated carbocycles. The Hall–Kier alpha value is -1.50. The Kier molecular flexibility index (Phi) is 5.70. The SMILES string of the molecule is CCNc1cc(N(C)CC(=O)NC)nc(SC)n1. The molecule has 0 spiro atoms. The van der Waals surface area contributed by atoms with Gasteiger partial charge in [-0.2, -0.15) is 0 Å². The standard InChI is InChI=1S/C11H19N5OS/c1-5-13-8-6-9(15-11(14-8)18-4)16(3)7-10(17)12-2/h6H,5,7H2,1-4H3,(H,12,17)(H,13,14,15). The van der Waals surface area contributed by atoms with Crippen molar-refractivity contribution in [2.75, 3.05) is 43.7 Å². The van der Waals surface area contributed by atoms with Gasteiger partial charge in [0.2, 0.25) is 5.91 Å². The van der Waals surface area contributed by atoms with E-state index in [9.17, 15) is 4.79 Å². The first-order valence-corrected chi connectivity index (χ1v) is 6.91. The van der Waals surface area contributed by atoms with Crippen LogP contribution in [0.15, 0.2) is 11.2 Å². The maximum absolute atomic E-state index is 11.3. The number of carbonyl (C=O) groups is 1. The number of thioether (sulfide) groups is 1. The van der Waals surface area contributed by atoms with Gasteiger partial charge in [0.1, 0.15) is 11.6 Å². The number of likely N-dealkylation sites (N-methyl/N-ethyl adjacent to an activating group) is 2. The van der Waals surface area contributed by atoms with Crippen LogP contribution >= 0.6 is 11.8 Å². The Labute approximate surface area is 112 Å². The molecule has 1 rings (SSSR count). The molecule has 0 aliphatic heterocycles. The van der Waals surface area contributed by atoms with E-state index in [1.54, 1.807) is 11.9 Å². The maximum Gasteiger partial charge on any atom is 0.239 e. The van der Waals surface area contributed by atoms with Gasteiger partial charge >= 0.3 is 0 Å². The van der Waals surface area contributed by atoms with Crippen LogP contribution in [0.3, 0.4) is 0 Å². The van der Waals surface area contributed by atoms with E-state index >= 15 is 0 Å². The molecule has 1 aromatic heterocycles. The van der Waals surface area contributed by atoms with Gasteiger partial charge in [-0.1, -0.05) is 11.8 Å². The van der Waals surface area contributed by atoms with Gasteiger partial charge in [0.05, 0.1) is 6.54 Å². The Morgan fingerprint density at radius 3 is 2.78 bits per heavy atom. The minimum Gasteiger partial charge on any atom is -0.370 e. The normalized spacial score (nSPS) is 10.0. The highest BCUT2D eigenvalue weighted by atomic mass is 32.2. The van der Waals surface area contributed by atoms with Crippen LogP contribution in [0.2, 0.25) is 0 Å². The number of carbonyl (C=O) groups excluding carboxylic acids is 1. The Bertz CT molecular complexity index is 412. The molecular formula is C11H19N5OS. The zero-order chi connectivity index (χ0) is 13.5. The van der Waals surface area contributed by atoms with Crippen molar-refractivity contribution in [3.8, 4) is 0 Å². The van der Waals surface area contributed by atoms with E-state index in [4.69, 9.17) is 0 Å². The summed E-state index contributed by atoms with van der Waals surface area (Å²) in [6, 6.07) is 1.84. The fourth-order valence-electron chi connectivity index (χ4n) is 1.35. The first kappa shape index (κ1) is 14.6. The highest BCUT2D eigenvalue weighted by Crippen LogP contribution is 2.19. The minimum absolute atomic E-state index is 0.0492. The topological polar surface area (TPSA) is 70.2 Å². The zero-order valence-electron chi connectivity index (χ0n) is 11.1. The lowest BCUT2D eigenvalue weighted by Crippen LogP contribution is -2.33. The van der Waals surface area contributed by atoms with Crippen LogP contribution in [0.1, 0.15) is 6.92 Å². The van der Waals surface area contributed by atoms with Gasteiger partial charge in [0, 0.05) is 26.7 Å². The molecule has 0 fully saturated rings. The second kappa shape index (κ2) is 7.05. The highest BCUT2D eigenvalue weighted by Gasteiger charge is 2.10. The monoisotopic (exact) mass is 269 g/mol. The second-order valence-electron chi connectivity index (χ2n) is 3.66. The summed E-state index contributed by atoms with van der Waals surface area (Å²) in [6.45, 7) is 3.07. The summed E-state index contributed by atoms with van der Waals surface area (Å²) in [5, 5.41) is 6.43. The van der Waals surface area contributed by atoms with Crippen molar-refractivity contribution in [2.24, 2.45) is 0 Å². The molecule has 1 amide bonds. The molecule has 100 valence electrons. The van der Waals surface area contributed by atoms with Crippen molar-refractivity contribution in [1.29, 1.82) is 0 Å². The van der Waals surface area contributed by atoms with Gasteiger partial charge in [-0.3, -0.25) is 4.79 Å². The predicted octanol–water partition coefficient (Wildman–Crippen LogP) is 0.812. The van der Waals surface area contributed by atoms with Crippen LogP contribution in [-0.2, 0) is 4.79 Å². The number of aromatic nitrogens is 2. The van der Waals surface area contributed by atoms with E-state index in [-0.39, 0.29) is 12.5 Å². The number of hydrogen-bond acceptors (Lipinski definition) is 6. The molecular weight excluding hydrogens is 250 g/mol. The summed E-state index contributed by atoms with van der Waals surface area (Å²) in [7, 11) is 3.45. The number of rotatable bonds is 6. The van der Waals surface area contributed by atoms with Crippen LogP contribution in [0.25, 0.3) is 0 Å². The van der Waals surface area contributed by atoms with Gasteiger partial charge in [-0.05, 0) is 13.2 Å². The number of hydrogen-bond donors (Lipinski definition) is 2. The van der Waals surface area contributed by atoms with E-state index in [0.717, 1.165) is 18.2 Å². The molecule has 0 aliphatic carbocycles. The lowest BCUT2D eigenvalue weighted by molar-refractivity contribution is -0.119. The lowest BCUT2D eigenvalue weighted by atomic mass is 10.4. The average Bonchev–Trinajstić information content (AvgIpc) is 2.38. The summed E-state index contributed by atoms with van der Waals surface area (Å²) >= 11 is 1.48. The Morgan fingerprint density at radius 2 is 2.22 bits per heavy atom. The van der Waals surface area contributed by atoms with E-state index in [1.165, 1.54) is 11.8 Å². The second-order valence-corrected chi connectivity index (χ2v) is 4.43. The molecule has 0 radical (unpaired) electrons. The Morgan fingerprint density at radius 1 is 1.50 bits per heavy atom. The maximum atomic E-state index is 11.3. The number of nitrogens with zero attached hydrogens (tertiary/aromatic N) is 3. The number of anilines is 2. The van der Waals surface area contributed by atoms with Gasteiger partial charge in [-0.25, -0.2) is 9.97 Å². The number of nitrogens with one attached hydrogen (secondary N) is 2. The van der Waals surface area contributed by atoms with Gasteiger partial charge in [-0.15, -0.1) is 0 Å². The van der Waals surface area contributed by atoms with Gasteiger partial charge < -0.3 is 15.5 Å². The van der Waals surface area contributed by atoms with Crippen molar-refractivity contribution in [3.63, 3.8) is 0 Å². The quantitative estimate of drug-likeness (QED) is 0.588. The summed E-state index contributed by atoms with van der Waals surface area (Å²) in [5.41, 5.74) is 0. The van der Waals surface area contributed by atoms with Crippen LogP contribution in [0, 0.1) is 0 Å². The summed E-state index contributed by atoms with van der Waals surface area (Å²) in [5.74, 6) is 1.45. The molecule has 1 aromatic rings. The molecule has 0 aromatic carbocycles. The highest BCUT2D eigenvalue weighted by molar-refractivity contribution is 7.98. The van der Waals surface area contributed by atoms with E-state index in [2.05, 4.69) is 20.6 Å². The zero-order valence-corrected chi connectivity index (χ0v) is 12.0. The summed E-state index contributed by atoms with van der Waals surface area (Å²) < 4.78 is 0. The first-order chi connectivity index (χ1) is 8.60. The van der Waals surface area contributed by atoms with E-state index < -0.39 is 0 Å². The third-order valence-corrected chi connectivity index (χ3v) is 2.83. The minimum atomic E-state index is -0.0492. The fourth-order valence-corrected chi connectivity index (χ4v) is 1.72. The molecule has 0 bridgehead atoms. The van der Waals surface area contributed by atoms with Crippen molar-refractivity contribution < 1.29 is 4.79 Å². The van der Waals surface area contributed by atoms with E-state index in [1.807, 2.05) is 26.3 Å². The van der Waals surface area contributed by atoms with Crippen molar-refractivity contribution >= 4 is 29.3 Å². The van der Waals surface area contributed by atoms with Crippen LogP contribution in [0.5, 0.6) is 0 Å². The average molecular weight is 269 g/mol. The van der Waals surface area contributed by atoms with Gasteiger partial charge in [0.15, 0.2) is 5.16 Å². The predicted molar refractivity (Wildman–Crippen MR) is 75.3 cm³/mol. The fraction of sp³-hybridized carbons (Fsp3) is 0.545. The molecule has 7 heteroatoms. The van der Waals surface area contributed by atoms with Crippen LogP contribution in [0.4, 0.5) is 11.6 Å². The molecule has 2 N–H and O–H groups in total. The van der Waals surface area contributed by atoms with Gasteiger partial charge in [0.25, 0.3) is 0 Å². The number of amides is 1. The molecule has 0 unspecified atom stereocenters.